The molecule has 0 amide bonds. The van der Waals surface area contributed by atoms with Crippen LogP contribution in [0.3, 0.4) is 0 Å². The molecule has 138 valence electrons. The quantitative estimate of drug-likeness (QED) is 0.330. The van der Waals surface area contributed by atoms with E-state index in [1.54, 1.807) is 24.6 Å². The lowest BCUT2D eigenvalue weighted by atomic mass is 10.1. The van der Waals surface area contributed by atoms with Gasteiger partial charge in [0.25, 0.3) is 0 Å². The molecule has 0 aliphatic rings. The van der Waals surface area contributed by atoms with Gasteiger partial charge in [0.1, 0.15) is 6.26 Å². The van der Waals surface area contributed by atoms with Gasteiger partial charge in [0, 0.05) is 20.6 Å². The van der Waals surface area contributed by atoms with Crippen LogP contribution in [0.1, 0.15) is 16.8 Å². The first kappa shape index (κ1) is 20.4. The molecule has 0 bridgehead atoms. The Morgan fingerprint density at radius 1 is 1.27 bits per heavy atom. The minimum atomic E-state index is 0. The summed E-state index contributed by atoms with van der Waals surface area (Å²) in [6.07, 6.45) is 1.69. The SMILES string of the molecule is CN=C(NCc1coc(-c2cccs2)n1)N(C)Cc1ccc(C)cc1.I. The molecule has 0 spiro atoms. The van der Waals surface area contributed by atoms with Crippen LogP contribution in [0.25, 0.3) is 10.8 Å². The third-order valence-electron chi connectivity index (χ3n) is 3.83. The Kier molecular flexibility index (Phi) is 7.65. The second kappa shape index (κ2) is 9.72. The van der Waals surface area contributed by atoms with Crippen molar-refractivity contribution in [3.63, 3.8) is 0 Å². The lowest BCUT2D eigenvalue weighted by molar-refractivity contribution is 0.476. The molecule has 2 aromatic heterocycles. The van der Waals surface area contributed by atoms with Crippen molar-refractivity contribution in [3.8, 4) is 10.8 Å². The van der Waals surface area contributed by atoms with E-state index in [9.17, 15) is 0 Å². The molecule has 0 aliphatic heterocycles. The Balaban J connectivity index is 0.00000243. The van der Waals surface area contributed by atoms with Crippen molar-refractivity contribution >= 4 is 41.3 Å². The molecule has 1 aromatic carbocycles. The molecule has 3 aromatic rings. The smallest absolute Gasteiger partial charge is 0.236 e. The summed E-state index contributed by atoms with van der Waals surface area (Å²) < 4.78 is 5.55. The number of thiophene rings is 1. The van der Waals surface area contributed by atoms with Crippen molar-refractivity contribution in [2.24, 2.45) is 4.99 Å². The van der Waals surface area contributed by atoms with Crippen LogP contribution in [0.2, 0.25) is 0 Å². The van der Waals surface area contributed by atoms with Gasteiger partial charge >= 0.3 is 0 Å². The molecule has 1 N–H and O–H groups in total. The predicted octanol–water partition coefficient (Wildman–Crippen LogP) is 4.54. The van der Waals surface area contributed by atoms with Crippen molar-refractivity contribution in [2.45, 2.75) is 20.0 Å². The van der Waals surface area contributed by atoms with Gasteiger partial charge in [0.05, 0.1) is 17.1 Å². The molecule has 0 atom stereocenters. The molecule has 26 heavy (non-hydrogen) atoms. The average molecular weight is 482 g/mol. The van der Waals surface area contributed by atoms with Gasteiger partial charge in [-0.05, 0) is 23.9 Å². The lowest BCUT2D eigenvalue weighted by Crippen LogP contribution is -2.38. The summed E-state index contributed by atoms with van der Waals surface area (Å²) in [4.78, 5) is 12.0. The molecular weight excluding hydrogens is 459 g/mol. The summed E-state index contributed by atoms with van der Waals surface area (Å²) in [6.45, 7) is 3.45. The third kappa shape index (κ3) is 5.31. The zero-order valence-electron chi connectivity index (χ0n) is 15.1. The number of halogens is 1. The maximum Gasteiger partial charge on any atom is 0.236 e. The van der Waals surface area contributed by atoms with E-state index < -0.39 is 0 Å². The highest BCUT2D eigenvalue weighted by molar-refractivity contribution is 14.0. The van der Waals surface area contributed by atoms with Gasteiger partial charge < -0.3 is 14.6 Å². The Morgan fingerprint density at radius 3 is 2.69 bits per heavy atom. The topological polar surface area (TPSA) is 53.7 Å². The fourth-order valence-corrected chi connectivity index (χ4v) is 3.15. The number of guanidine groups is 1. The molecular formula is C19H23IN4OS. The second-order valence-corrected chi connectivity index (χ2v) is 6.81. The Hall–Kier alpha value is -1.87. The van der Waals surface area contributed by atoms with Gasteiger partial charge in [-0.3, -0.25) is 4.99 Å². The Morgan fingerprint density at radius 2 is 2.04 bits per heavy atom. The molecule has 0 saturated carbocycles. The summed E-state index contributed by atoms with van der Waals surface area (Å²) in [5.74, 6) is 1.48. The van der Waals surface area contributed by atoms with Crippen molar-refractivity contribution in [2.75, 3.05) is 14.1 Å². The van der Waals surface area contributed by atoms with Crippen LogP contribution in [0, 0.1) is 6.92 Å². The number of nitrogens with one attached hydrogen (secondary N) is 1. The normalized spacial score (nSPS) is 11.1. The highest BCUT2D eigenvalue weighted by atomic mass is 127. The van der Waals surface area contributed by atoms with Crippen LogP contribution in [0.4, 0.5) is 0 Å². The highest BCUT2D eigenvalue weighted by Gasteiger charge is 2.10. The first-order valence-corrected chi connectivity index (χ1v) is 8.99. The van der Waals surface area contributed by atoms with Gasteiger partial charge in [-0.1, -0.05) is 35.9 Å². The fraction of sp³-hybridized carbons (Fsp3) is 0.263. The highest BCUT2D eigenvalue weighted by Crippen LogP contribution is 2.23. The molecule has 0 unspecified atom stereocenters. The number of aryl methyl sites for hydroxylation is 1. The summed E-state index contributed by atoms with van der Waals surface area (Å²) in [6, 6.07) is 12.5. The van der Waals surface area contributed by atoms with E-state index in [0.29, 0.717) is 12.4 Å². The second-order valence-electron chi connectivity index (χ2n) is 5.86. The lowest BCUT2D eigenvalue weighted by Gasteiger charge is -2.21. The summed E-state index contributed by atoms with van der Waals surface area (Å²) in [7, 11) is 3.81. The van der Waals surface area contributed by atoms with E-state index in [-0.39, 0.29) is 24.0 Å². The minimum Gasteiger partial charge on any atom is -0.443 e. The molecule has 0 saturated heterocycles. The maximum absolute atomic E-state index is 5.55. The number of rotatable bonds is 5. The number of nitrogens with zero attached hydrogens (tertiary/aromatic N) is 3. The number of hydrogen-bond donors (Lipinski definition) is 1. The van der Waals surface area contributed by atoms with Crippen LogP contribution >= 0.6 is 35.3 Å². The minimum absolute atomic E-state index is 0. The van der Waals surface area contributed by atoms with E-state index in [1.165, 1.54) is 11.1 Å². The number of hydrogen-bond acceptors (Lipinski definition) is 4. The summed E-state index contributed by atoms with van der Waals surface area (Å²) in [5.41, 5.74) is 3.37. The van der Waals surface area contributed by atoms with Crippen LogP contribution in [-0.2, 0) is 13.1 Å². The van der Waals surface area contributed by atoms with E-state index >= 15 is 0 Å². The van der Waals surface area contributed by atoms with Crippen LogP contribution in [-0.4, -0.2) is 29.9 Å². The van der Waals surface area contributed by atoms with Gasteiger partial charge in [0.15, 0.2) is 5.96 Å². The number of aliphatic imine (C=N–C) groups is 1. The molecule has 5 nitrogen and oxygen atoms in total. The van der Waals surface area contributed by atoms with Gasteiger partial charge in [0.2, 0.25) is 5.89 Å². The molecule has 2 heterocycles. The zero-order chi connectivity index (χ0) is 17.6. The van der Waals surface area contributed by atoms with Crippen molar-refractivity contribution in [1.29, 1.82) is 0 Å². The van der Waals surface area contributed by atoms with Crippen molar-refractivity contribution in [1.82, 2.24) is 15.2 Å². The van der Waals surface area contributed by atoms with E-state index in [0.717, 1.165) is 23.1 Å². The summed E-state index contributed by atoms with van der Waals surface area (Å²) in [5, 5.41) is 5.35. The monoisotopic (exact) mass is 482 g/mol. The fourth-order valence-electron chi connectivity index (χ4n) is 2.50. The number of oxazole rings is 1. The van der Waals surface area contributed by atoms with Crippen molar-refractivity contribution in [3.05, 3.63) is 64.9 Å². The van der Waals surface area contributed by atoms with Gasteiger partial charge in [-0.15, -0.1) is 35.3 Å². The third-order valence-corrected chi connectivity index (χ3v) is 4.68. The largest absolute Gasteiger partial charge is 0.443 e. The van der Waals surface area contributed by atoms with Crippen LogP contribution in [0.15, 0.2) is 57.5 Å². The molecule has 0 radical (unpaired) electrons. The zero-order valence-corrected chi connectivity index (χ0v) is 18.2. The first-order chi connectivity index (χ1) is 12.2. The maximum atomic E-state index is 5.55. The van der Waals surface area contributed by atoms with Crippen LogP contribution < -0.4 is 5.32 Å². The Labute approximate surface area is 175 Å². The van der Waals surface area contributed by atoms with E-state index in [1.807, 2.05) is 24.6 Å². The predicted molar refractivity (Wildman–Crippen MR) is 118 cm³/mol. The molecule has 3 rings (SSSR count). The van der Waals surface area contributed by atoms with Crippen molar-refractivity contribution < 1.29 is 4.42 Å². The number of aromatic nitrogens is 1. The van der Waals surface area contributed by atoms with Crippen LogP contribution in [0.5, 0.6) is 0 Å². The average Bonchev–Trinajstić information content (AvgIpc) is 3.28. The van der Waals surface area contributed by atoms with Gasteiger partial charge in [-0.25, -0.2) is 4.98 Å². The molecule has 0 fully saturated rings. The number of benzene rings is 1. The van der Waals surface area contributed by atoms with E-state index in [4.69, 9.17) is 4.42 Å². The van der Waals surface area contributed by atoms with Gasteiger partial charge in [-0.2, -0.15) is 0 Å². The molecule has 0 aliphatic carbocycles. The summed E-state index contributed by atoms with van der Waals surface area (Å²) >= 11 is 1.62. The van der Waals surface area contributed by atoms with E-state index in [2.05, 4.69) is 51.4 Å². The Bertz CT molecular complexity index is 828. The standard InChI is InChI=1S/C19H22N4OS.HI/c1-14-6-8-15(9-7-14)12-23(3)19(20-2)21-11-16-13-24-18(22-16)17-5-4-10-25-17;/h4-10,13H,11-12H2,1-3H3,(H,20,21);1H. The first-order valence-electron chi connectivity index (χ1n) is 8.11. The molecule has 7 heteroatoms.